The third kappa shape index (κ3) is 6.30. The van der Waals surface area contributed by atoms with Gasteiger partial charge in [0.05, 0.1) is 18.5 Å². The van der Waals surface area contributed by atoms with Crippen molar-refractivity contribution in [1.82, 2.24) is 0 Å². The fourth-order valence-corrected chi connectivity index (χ4v) is 2.98. The lowest BCUT2D eigenvalue weighted by Gasteiger charge is -2.18. The van der Waals surface area contributed by atoms with Crippen molar-refractivity contribution in [3.63, 3.8) is 0 Å². The molecule has 3 heteroatoms. The van der Waals surface area contributed by atoms with Gasteiger partial charge in [0.2, 0.25) is 0 Å². The van der Waals surface area contributed by atoms with E-state index in [0.717, 1.165) is 6.42 Å². The molecule has 0 aromatic heterocycles. The summed E-state index contributed by atoms with van der Waals surface area (Å²) >= 11 is 0. The van der Waals surface area contributed by atoms with E-state index in [1.165, 1.54) is 18.5 Å². The van der Waals surface area contributed by atoms with Crippen molar-refractivity contribution >= 4 is 7.26 Å². The molecule has 70 valence electrons. The van der Waals surface area contributed by atoms with Crippen LogP contribution in [0, 0.1) is 0 Å². The molecule has 0 fully saturated rings. The molecular formula is C8H20IOP. The Labute approximate surface area is 88.3 Å². The highest BCUT2D eigenvalue weighted by molar-refractivity contribution is 7.75. The van der Waals surface area contributed by atoms with Crippen LogP contribution in [-0.2, 0) is 0 Å². The second kappa shape index (κ2) is 7.75. The summed E-state index contributed by atoms with van der Waals surface area (Å²) in [6.07, 6.45) is 4.95. The summed E-state index contributed by atoms with van der Waals surface area (Å²) in [5, 5.41) is 8.64. The van der Waals surface area contributed by atoms with Gasteiger partial charge in [-0.25, -0.2) is 0 Å². The molecule has 0 amide bonds. The monoisotopic (exact) mass is 290 g/mol. The Morgan fingerprint density at radius 2 is 1.64 bits per heavy atom. The molecule has 0 rings (SSSR count). The van der Waals surface area contributed by atoms with E-state index in [2.05, 4.69) is 20.5 Å². The van der Waals surface area contributed by atoms with Crippen LogP contribution < -0.4 is 24.0 Å². The summed E-state index contributed by atoms with van der Waals surface area (Å²) in [6, 6.07) is 0. The number of rotatable bonds is 5. The van der Waals surface area contributed by atoms with E-state index in [4.69, 9.17) is 5.11 Å². The molecule has 0 radical (unpaired) electrons. The van der Waals surface area contributed by atoms with Crippen molar-refractivity contribution in [2.75, 3.05) is 31.8 Å². The van der Waals surface area contributed by atoms with Crippen molar-refractivity contribution in [2.24, 2.45) is 0 Å². The highest BCUT2D eigenvalue weighted by Crippen LogP contribution is 2.54. The second-order valence-electron chi connectivity index (χ2n) is 3.05. The average molecular weight is 290 g/mol. The summed E-state index contributed by atoms with van der Waals surface area (Å²) in [6.45, 7) is 7.32. The lowest BCUT2D eigenvalue weighted by molar-refractivity contribution is -0.00000347. The van der Waals surface area contributed by atoms with Crippen LogP contribution in [0.4, 0.5) is 0 Å². The van der Waals surface area contributed by atoms with E-state index in [9.17, 15) is 0 Å². The van der Waals surface area contributed by atoms with Gasteiger partial charge in [-0.1, -0.05) is 0 Å². The molecule has 0 aliphatic carbocycles. The molecule has 0 aromatic rings. The molecule has 0 heterocycles. The Hall–Kier alpha value is 1.12. The van der Waals surface area contributed by atoms with Gasteiger partial charge in [0, 0.05) is 27.0 Å². The highest BCUT2D eigenvalue weighted by Gasteiger charge is 2.25. The molecule has 1 N–H and O–H groups in total. The minimum Gasteiger partial charge on any atom is -1.00 e. The Morgan fingerprint density at radius 3 is 1.91 bits per heavy atom. The molecule has 11 heavy (non-hydrogen) atoms. The van der Waals surface area contributed by atoms with E-state index in [1.54, 1.807) is 0 Å². The normalized spacial score (nSPS) is 10.9. The number of hydrogen-bond acceptors (Lipinski definition) is 1. The zero-order valence-electron chi connectivity index (χ0n) is 7.81. The third-order valence-electron chi connectivity index (χ3n) is 2.38. The zero-order valence-corrected chi connectivity index (χ0v) is 10.9. The standard InChI is InChI=1S/C8H20OP.HI/c1-4-10(3,5-2)8-6-7-9;/h9H,4-8H2,1-3H3;1H/q+1;/p-1. The first-order chi connectivity index (χ1) is 4.68. The molecule has 0 aliphatic rings. The van der Waals surface area contributed by atoms with Gasteiger partial charge in [-0.3, -0.25) is 0 Å². The van der Waals surface area contributed by atoms with Crippen molar-refractivity contribution < 1.29 is 29.1 Å². The van der Waals surface area contributed by atoms with E-state index < -0.39 is 7.26 Å². The Bertz CT molecular complexity index is 84.2. The van der Waals surface area contributed by atoms with Crippen LogP contribution in [0.1, 0.15) is 20.3 Å². The molecule has 0 saturated heterocycles. The van der Waals surface area contributed by atoms with Crippen molar-refractivity contribution in [3.05, 3.63) is 0 Å². The van der Waals surface area contributed by atoms with Crippen LogP contribution in [0.5, 0.6) is 0 Å². The maximum atomic E-state index is 8.64. The second-order valence-corrected chi connectivity index (χ2v) is 8.00. The fraction of sp³-hybridized carbons (Fsp3) is 1.00. The minimum absolute atomic E-state index is 0. The molecule has 0 unspecified atom stereocenters. The van der Waals surface area contributed by atoms with Crippen LogP contribution in [-0.4, -0.2) is 36.9 Å². The van der Waals surface area contributed by atoms with Crippen LogP contribution >= 0.6 is 7.26 Å². The number of halogens is 1. The summed E-state index contributed by atoms with van der Waals surface area (Å²) < 4.78 is 0. The first-order valence-corrected chi connectivity index (χ1v) is 6.92. The maximum absolute atomic E-state index is 8.64. The largest absolute Gasteiger partial charge is 1.00 e. The average Bonchev–Trinajstić information content (AvgIpc) is 2.00. The smallest absolute Gasteiger partial charge is 0.0613 e. The Morgan fingerprint density at radius 1 is 1.18 bits per heavy atom. The van der Waals surface area contributed by atoms with E-state index in [-0.39, 0.29) is 24.0 Å². The van der Waals surface area contributed by atoms with Gasteiger partial charge in [-0.15, -0.1) is 0 Å². The molecule has 0 spiro atoms. The van der Waals surface area contributed by atoms with E-state index in [0.29, 0.717) is 6.61 Å². The molecule has 0 aromatic carbocycles. The van der Waals surface area contributed by atoms with Gasteiger partial charge in [0.1, 0.15) is 0 Å². The first-order valence-electron chi connectivity index (χ1n) is 4.13. The lowest BCUT2D eigenvalue weighted by Crippen LogP contribution is -3.00. The van der Waals surface area contributed by atoms with Crippen molar-refractivity contribution in [1.29, 1.82) is 0 Å². The molecule has 0 aliphatic heterocycles. The van der Waals surface area contributed by atoms with Crippen LogP contribution in [0.25, 0.3) is 0 Å². The van der Waals surface area contributed by atoms with Gasteiger partial charge < -0.3 is 29.1 Å². The van der Waals surface area contributed by atoms with Gasteiger partial charge in [0.15, 0.2) is 0 Å². The van der Waals surface area contributed by atoms with Crippen molar-refractivity contribution in [3.8, 4) is 0 Å². The third-order valence-corrected chi connectivity index (χ3v) is 6.83. The molecule has 0 atom stereocenters. The van der Waals surface area contributed by atoms with Crippen LogP contribution in [0.15, 0.2) is 0 Å². The predicted octanol–water partition coefficient (Wildman–Crippen LogP) is -0.940. The van der Waals surface area contributed by atoms with Gasteiger partial charge in [0.25, 0.3) is 0 Å². The number of aliphatic hydroxyl groups excluding tert-OH is 1. The zero-order chi connectivity index (χ0) is 8.04. The Balaban J connectivity index is 0. The van der Waals surface area contributed by atoms with E-state index in [1.807, 2.05) is 0 Å². The topological polar surface area (TPSA) is 20.2 Å². The quantitative estimate of drug-likeness (QED) is 0.512. The maximum Gasteiger partial charge on any atom is 0.0613 e. The predicted molar refractivity (Wildman–Crippen MR) is 50.5 cm³/mol. The first kappa shape index (κ1) is 14.6. The molecular weight excluding hydrogens is 270 g/mol. The summed E-state index contributed by atoms with van der Waals surface area (Å²) in [5.74, 6) is 0. The van der Waals surface area contributed by atoms with Crippen LogP contribution in [0.3, 0.4) is 0 Å². The van der Waals surface area contributed by atoms with Gasteiger partial charge in [-0.2, -0.15) is 0 Å². The SMILES string of the molecule is CC[P+](C)(CC)CCCO.[I-]. The number of hydrogen-bond donors (Lipinski definition) is 1. The highest BCUT2D eigenvalue weighted by atomic mass is 127. The number of aliphatic hydroxyl groups is 1. The fourth-order valence-electron chi connectivity index (χ4n) is 0.992. The van der Waals surface area contributed by atoms with Crippen molar-refractivity contribution in [2.45, 2.75) is 20.3 Å². The lowest BCUT2D eigenvalue weighted by atomic mass is 10.5. The van der Waals surface area contributed by atoms with Gasteiger partial charge in [-0.05, 0) is 13.8 Å². The molecule has 0 saturated carbocycles. The summed E-state index contributed by atoms with van der Waals surface area (Å²) in [7, 11) is -0.608. The minimum atomic E-state index is -0.608. The Kier molecular flexibility index (Phi) is 10.3. The van der Waals surface area contributed by atoms with E-state index >= 15 is 0 Å². The molecule has 1 nitrogen and oxygen atoms in total. The summed E-state index contributed by atoms with van der Waals surface area (Å²) in [4.78, 5) is 0. The van der Waals surface area contributed by atoms with Gasteiger partial charge >= 0.3 is 0 Å². The molecule has 0 bridgehead atoms. The van der Waals surface area contributed by atoms with Crippen LogP contribution in [0.2, 0.25) is 0 Å². The summed E-state index contributed by atoms with van der Waals surface area (Å²) in [5.41, 5.74) is 0.